The van der Waals surface area contributed by atoms with Gasteiger partial charge in [-0.1, -0.05) is 29.8 Å². The average Bonchev–Trinajstić information content (AvgIpc) is 3.20. The molecule has 162 valence electrons. The predicted octanol–water partition coefficient (Wildman–Crippen LogP) is 3.95. The van der Waals surface area contributed by atoms with Gasteiger partial charge in [-0.05, 0) is 36.8 Å². The van der Waals surface area contributed by atoms with Crippen LogP contribution >= 0.6 is 11.3 Å². The third-order valence-corrected chi connectivity index (χ3v) is 5.83. The van der Waals surface area contributed by atoms with Crippen LogP contribution in [-0.2, 0) is 11.3 Å². The van der Waals surface area contributed by atoms with E-state index in [4.69, 9.17) is 5.73 Å². The summed E-state index contributed by atoms with van der Waals surface area (Å²) in [5.74, 6) is -0.239. The van der Waals surface area contributed by atoms with E-state index in [1.807, 2.05) is 36.6 Å². The van der Waals surface area contributed by atoms with Crippen molar-refractivity contribution in [1.82, 2.24) is 9.55 Å². The molecule has 0 saturated heterocycles. The van der Waals surface area contributed by atoms with Crippen LogP contribution in [0.5, 0.6) is 0 Å². The zero-order chi connectivity index (χ0) is 22.7. The van der Waals surface area contributed by atoms with Crippen molar-refractivity contribution >= 4 is 44.9 Å². The van der Waals surface area contributed by atoms with Crippen LogP contribution in [0.1, 0.15) is 12.0 Å². The number of aryl methyl sites for hydroxylation is 2. The number of primary amides is 1. The summed E-state index contributed by atoms with van der Waals surface area (Å²) in [6.45, 7) is 2.22. The highest BCUT2D eigenvalue weighted by Crippen LogP contribution is 2.30. The molecule has 4 aromatic rings. The number of fused-ring (bicyclic) bond motifs is 1. The number of aromatic nitrogens is 2. The molecule has 0 radical (unpaired) electrons. The molecule has 2 aromatic heterocycles. The molecule has 4 N–H and O–H groups in total. The first-order valence-corrected chi connectivity index (χ1v) is 10.8. The summed E-state index contributed by atoms with van der Waals surface area (Å²) >= 11 is 1.43. The summed E-state index contributed by atoms with van der Waals surface area (Å²) in [4.78, 5) is 41.4. The largest absolute Gasteiger partial charge is 0.351 e. The van der Waals surface area contributed by atoms with Gasteiger partial charge in [0.1, 0.15) is 4.83 Å². The van der Waals surface area contributed by atoms with Gasteiger partial charge in [0, 0.05) is 35.3 Å². The van der Waals surface area contributed by atoms with Crippen molar-refractivity contribution in [1.29, 1.82) is 0 Å². The van der Waals surface area contributed by atoms with E-state index in [1.165, 1.54) is 22.2 Å². The van der Waals surface area contributed by atoms with Crippen LogP contribution in [0.3, 0.4) is 0 Å². The maximum Gasteiger partial charge on any atom is 0.316 e. The summed E-state index contributed by atoms with van der Waals surface area (Å²) in [5.41, 5.74) is 8.98. The molecule has 0 atom stereocenters. The molecule has 0 unspecified atom stereocenters. The standard InChI is InChI=1S/C23H21N5O3S/c1-14-2-4-15(5-3-14)18-12-32-21-20(18)22(30)28(13-25-21)11-10-19(29)26-16-6-8-17(9-7-16)27-23(24)31/h2-9,12-13H,10-11H2,1H3,(H,26,29)(H3,24,27,31). The second kappa shape index (κ2) is 9.03. The summed E-state index contributed by atoms with van der Waals surface area (Å²) in [6, 6.07) is 13.9. The Labute approximate surface area is 187 Å². The number of carbonyl (C=O) groups excluding carboxylic acids is 2. The van der Waals surface area contributed by atoms with Gasteiger partial charge >= 0.3 is 6.03 Å². The van der Waals surface area contributed by atoms with Crippen LogP contribution in [0.25, 0.3) is 21.3 Å². The lowest BCUT2D eigenvalue weighted by molar-refractivity contribution is -0.116. The predicted molar refractivity (Wildman–Crippen MR) is 127 cm³/mol. The van der Waals surface area contributed by atoms with Crippen molar-refractivity contribution in [3.05, 3.63) is 76.2 Å². The number of urea groups is 1. The minimum atomic E-state index is -0.658. The zero-order valence-corrected chi connectivity index (χ0v) is 18.1. The molecule has 32 heavy (non-hydrogen) atoms. The lowest BCUT2D eigenvalue weighted by Gasteiger charge is -2.08. The van der Waals surface area contributed by atoms with Gasteiger partial charge in [-0.3, -0.25) is 14.2 Å². The number of anilines is 2. The first-order valence-electron chi connectivity index (χ1n) is 9.91. The molecule has 0 spiro atoms. The van der Waals surface area contributed by atoms with Gasteiger partial charge < -0.3 is 16.4 Å². The molecule has 0 fully saturated rings. The van der Waals surface area contributed by atoms with Gasteiger partial charge in [-0.15, -0.1) is 11.3 Å². The summed E-state index contributed by atoms with van der Waals surface area (Å²) in [5, 5.41) is 7.73. The van der Waals surface area contributed by atoms with Gasteiger partial charge in [0.25, 0.3) is 5.56 Å². The molecule has 8 nitrogen and oxygen atoms in total. The van der Waals surface area contributed by atoms with Crippen LogP contribution < -0.4 is 21.9 Å². The van der Waals surface area contributed by atoms with Crippen molar-refractivity contribution < 1.29 is 9.59 Å². The Morgan fingerprint density at radius 1 is 1.03 bits per heavy atom. The van der Waals surface area contributed by atoms with Crippen molar-refractivity contribution in [2.45, 2.75) is 19.9 Å². The molecule has 2 aromatic carbocycles. The van der Waals surface area contributed by atoms with E-state index in [9.17, 15) is 14.4 Å². The molecule has 3 amide bonds. The van der Waals surface area contributed by atoms with Gasteiger partial charge in [0.05, 0.1) is 11.7 Å². The SMILES string of the molecule is Cc1ccc(-c2csc3ncn(CCC(=O)Nc4ccc(NC(N)=O)cc4)c(=O)c23)cc1. The minimum absolute atomic E-state index is 0.110. The molecular formula is C23H21N5O3S. The van der Waals surface area contributed by atoms with E-state index in [0.717, 1.165) is 16.7 Å². The number of carbonyl (C=O) groups is 2. The first kappa shape index (κ1) is 21.3. The van der Waals surface area contributed by atoms with E-state index in [2.05, 4.69) is 15.6 Å². The highest BCUT2D eigenvalue weighted by molar-refractivity contribution is 7.17. The number of amides is 3. The average molecular weight is 448 g/mol. The fraction of sp³-hybridized carbons (Fsp3) is 0.130. The van der Waals surface area contributed by atoms with Crippen LogP contribution in [0, 0.1) is 6.92 Å². The monoisotopic (exact) mass is 447 g/mol. The third kappa shape index (κ3) is 4.68. The molecule has 0 bridgehead atoms. The molecule has 0 aliphatic heterocycles. The Hall–Kier alpha value is -3.98. The van der Waals surface area contributed by atoms with Gasteiger partial charge in [0.15, 0.2) is 0 Å². The number of nitrogens with zero attached hydrogens (tertiary/aromatic N) is 2. The second-order valence-corrected chi connectivity index (χ2v) is 8.16. The number of rotatable bonds is 6. The number of hydrogen-bond donors (Lipinski definition) is 3. The lowest BCUT2D eigenvalue weighted by Crippen LogP contribution is -2.23. The van der Waals surface area contributed by atoms with E-state index in [-0.39, 0.29) is 24.4 Å². The Bertz CT molecular complexity index is 1340. The van der Waals surface area contributed by atoms with E-state index in [1.54, 1.807) is 24.3 Å². The van der Waals surface area contributed by atoms with Gasteiger partial charge in [0.2, 0.25) is 5.91 Å². The quantitative estimate of drug-likeness (QED) is 0.414. The lowest BCUT2D eigenvalue weighted by atomic mass is 10.1. The molecule has 0 aliphatic carbocycles. The van der Waals surface area contributed by atoms with Crippen molar-refractivity contribution in [3.63, 3.8) is 0 Å². The Morgan fingerprint density at radius 3 is 2.34 bits per heavy atom. The highest BCUT2D eigenvalue weighted by Gasteiger charge is 2.14. The van der Waals surface area contributed by atoms with Gasteiger partial charge in [-0.25, -0.2) is 9.78 Å². The number of benzene rings is 2. The van der Waals surface area contributed by atoms with Gasteiger partial charge in [-0.2, -0.15) is 0 Å². The number of thiophene rings is 1. The summed E-state index contributed by atoms with van der Waals surface area (Å²) in [7, 11) is 0. The smallest absolute Gasteiger partial charge is 0.316 e. The molecular weight excluding hydrogens is 426 g/mol. The Morgan fingerprint density at radius 2 is 1.69 bits per heavy atom. The topological polar surface area (TPSA) is 119 Å². The molecule has 0 aliphatic rings. The van der Waals surface area contributed by atoms with Crippen LogP contribution in [-0.4, -0.2) is 21.5 Å². The summed E-state index contributed by atoms with van der Waals surface area (Å²) in [6.07, 6.45) is 1.59. The third-order valence-electron chi connectivity index (χ3n) is 4.94. The number of nitrogens with two attached hydrogens (primary N) is 1. The van der Waals surface area contributed by atoms with Crippen molar-refractivity contribution in [2.24, 2.45) is 5.73 Å². The first-order chi connectivity index (χ1) is 15.4. The normalized spacial score (nSPS) is 10.8. The fourth-order valence-electron chi connectivity index (χ4n) is 3.30. The number of nitrogens with one attached hydrogen (secondary N) is 2. The Balaban J connectivity index is 1.47. The molecule has 0 saturated carbocycles. The van der Waals surface area contributed by atoms with E-state index < -0.39 is 6.03 Å². The van der Waals surface area contributed by atoms with E-state index in [0.29, 0.717) is 21.6 Å². The van der Waals surface area contributed by atoms with Crippen LogP contribution in [0.15, 0.2) is 65.0 Å². The molecule has 4 rings (SSSR count). The maximum absolute atomic E-state index is 13.1. The maximum atomic E-state index is 13.1. The van der Waals surface area contributed by atoms with E-state index >= 15 is 0 Å². The van der Waals surface area contributed by atoms with Crippen LogP contribution in [0.4, 0.5) is 16.2 Å². The zero-order valence-electron chi connectivity index (χ0n) is 17.3. The molecule has 9 heteroatoms. The van der Waals surface area contributed by atoms with Crippen LogP contribution in [0.2, 0.25) is 0 Å². The van der Waals surface area contributed by atoms with Crippen molar-refractivity contribution in [2.75, 3.05) is 10.6 Å². The number of hydrogen-bond acceptors (Lipinski definition) is 5. The highest BCUT2D eigenvalue weighted by atomic mass is 32.1. The second-order valence-electron chi connectivity index (χ2n) is 7.30. The van der Waals surface area contributed by atoms with Crippen molar-refractivity contribution in [3.8, 4) is 11.1 Å². The fourth-order valence-corrected chi connectivity index (χ4v) is 4.20. The minimum Gasteiger partial charge on any atom is -0.351 e. The summed E-state index contributed by atoms with van der Waals surface area (Å²) < 4.78 is 1.46. The Kier molecular flexibility index (Phi) is 6.00. The molecule has 2 heterocycles.